The average molecular weight is 324 g/mol. The molecular weight excluding hydrogens is 308 g/mol. The lowest BCUT2D eigenvalue weighted by molar-refractivity contribution is 0.884. The normalized spacial score (nSPS) is 9.92. The highest BCUT2D eigenvalue weighted by molar-refractivity contribution is 5.76. The topological polar surface area (TPSA) is 65.4 Å². The standard InChI is InChI=1S/C21H16N4/c1-15-8-9-18(10-16(15)2)21-19(11-17(12-22)13-23)14-25(24-21)20-6-4-3-5-7-20/h3-11,14H,1-2H3. The molecule has 2 aromatic carbocycles. The number of aryl methyl sites for hydroxylation is 2. The summed E-state index contributed by atoms with van der Waals surface area (Å²) in [5, 5.41) is 22.9. The number of benzene rings is 2. The van der Waals surface area contributed by atoms with Gasteiger partial charge < -0.3 is 0 Å². The fourth-order valence-corrected chi connectivity index (χ4v) is 2.56. The maximum Gasteiger partial charge on any atom is 0.130 e. The molecule has 0 bridgehead atoms. The quantitative estimate of drug-likeness (QED) is 0.662. The van der Waals surface area contributed by atoms with Gasteiger partial charge in [0.2, 0.25) is 0 Å². The van der Waals surface area contributed by atoms with Crippen molar-refractivity contribution in [3.05, 3.63) is 77.0 Å². The molecule has 0 spiro atoms. The SMILES string of the molecule is Cc1ccc(-c2nn(-c3ccccc3)cc2C=C(C#N)C#N)cc1C. The molecule has 3 rings (SSSR count). The van der Waals surface area contributed by atoms with Crippen molar-refractivity contribution in [3.8, 4) is 29.1 Å². The molecule has 0 saturated heterocycles. The first kappa shape index (κ1) is 16.2. The Morgan fingerprint density at radius 3 is 2.36 bits per heavy atom. The van der Waals surface area contributed by atoms with Gasteiger partial charge in [-0.15, -0.1) is 0 Å². The van der Waals surface area contributed by atoms with Crippen LogP contribution in [-0.4, -0.2) is 9.78 Å². The molecule has 0 aliphatic rings. The fourth-order valence-electron chi connectivity index (χ4n) is 2.56. The second-order valence-electron chi connectivity index (χ2n) is 5.79. The van der Waals surface area contributed by atoms with E-state index < -0.39 is 0 Å². The van der Waals surface area contributed by atoms with Crippen molar-refractivity contribution in [2.45, 2.75) is 13.8 Å². The minimum Gasteiger partial charge on any atom is -0.240 e. The van der Waals surface area contributed by atoms with E-state index in [0.29, 0.717) is 0 Å². The third-order valence-electron chi connectivity index (χ3n) is 4.08. The van der Waals surface area contributed by atoms with E-state index in [1.807, 2.05) is 54.7 Å². The van der Waals surface area contributed by atoms with E-state index in [1.54, 1.807) is 10.8 Å². The van der Waals surface area contributed by atoms with Gasteiger partial charge in [0.15, 0.2) is 0 Å². The minimum absolute atomic E-state index is 0.0534. The minimum atomic E-state index is 0.0534. The van der Waals surface area contributed by atoms with E-state index in [2.05, 4.69) is 26.0 Å². The Bertz CT molecular complexity index is 1010. The molecule has 0 radical (unpaired) electrons. The molecule has 0 unspecified atom stereocenters. The number of allylic oxidation sites excluding steroid dienone is 1. The summed E-state index contributed by atoms with van der Waals surface area (Å²) in [5.41, 5.74) is 5.79. The van der Waals surface area contributed by atoms with Gasteiger partial charge in [0.05, 0.1) is 5.69 Å². The van der Waals surface area contributed by atoms with Crippen molar-refractivity contribution in [1.29, 1.82) is 10.5 Å². The highest BCUT2D eigenvalue weighted by Gasteiger charge is 2.12. The monoisotopic (exact) mass is 324 g/mol. The summed E-state index contributed by atoms with van der Waals surface area (Å²) in [7, 11) is 0. The van der Waals surface area contributed by atoms with Crippen molar-refractivity contribution in [2.24, 2.45) is 0 Å². The van der Waals surface area contributed by atoms with Gasteiger partial charge in [-0.25, -0.2) is 4.68 Å². The Hall–Kier alpha value is -3.63. The van der Waals surface area contributed by atoms with E-state index in [0.717, 1.165) is 22.5 Å². The second-order valence-corrected chi connectivity index (χ2v) is 5.79. The number of rotatable bonds is 3. The third-order valence-corrected chi connectivity index (χ3v) is 4.08. The van der Waals surface area contributed by atoms with Crippen LogP contribution in [-0.2, 0) is 0 Å². The lowest BCUT2D eigenvalue weighted by atomic mass is 10.0. The van der Waals surface area contributed by atoms with Crippen LogP contribution >= 0.6 is 0 Å². The van der Waals surface area contributed by atoms with Gasteiger partial charge in [0, 0.05) is 17.3 Å². The maximum atomic E-state index is 9.09. The largest absolute Gasteiger partial charge is 0.240 e. The third kappa shape index (κ3) is 3.34. The van der Waals surface area contributed by atoms with Crippen LogP contribution in [0, 0.1) is 36.5 Å². The van der Waals surface area contributed by atoms with E-state index in [4.69, 9.17) is 15.6 Å². The average Bonchev–Trinajstić information content (AvgIpc) is 3.06. The van der Waals surface area contributed by atoms with Gasteiger partial charge in [-0.2, -0.15) is 15.6 Å². The number of hydrogen-bond donors (Lipinski definition) is 0. The fraction of sp³-hybridized carbons (Fsp3) is 0.0952. The van der Waals surface area contributed by atoms with Gasteiger partial charge >= 0.3 is 0 Å². The van der Waals surface area contributed by atoms with Crippen LogP contribution in [0.15, 0.2) is 60.3 Å². The van der Waals surface area contributed by atoms with Crippen LogP contribution in [0.3, 0.4) is 0 Å². The van der Waals surface area contributed by atoms with Crippen LogP contribution in [0.4, 0.5) is 0 Å². The number of aromatic nitrogens is 2. The van der Waals surface area contributed by atoms with E-state index in [-0.39, 0.29) is 5.57 Å². The van der Waals surface area contributed by atoms with Gasteiger partial charge in [0.25, 0.3) is 0 Å². The Morgan fingerprint density at radius 2 is 1.72 bits per heavy atom. The predicted octanol–water partition coefficient (Wildman–Crippen LogP) is 4.59. The molecule has 0 saturated carbocycles. The highest BCUT2D eigenvalue weighted by atomic mass is 15.3. The number of nitrogens with zero attached hydrogens (tertiary/aromatic N) is 4. The van der Waals surface area contributed by atoms with Crippen molar-refractivity contribution in [2.75, 3.05) is 0 Å². The Morgan fingerprint density at radius 1 is 1.00 bits per heavy atom. The smallest absolute Gasteiger partial charge is 0.130 e. The summed E-state index contributed by atoms with van der Waals surface area (Å²) < 4.78 is 1.77. The molecule has 1 aromatic heterocycles. The van der Waals surface area contributed by atoms with E-state index in [1.165, 1.54) is 11.1 Å². The number of nitriles is 2. The second kappa shape index (κ2) is 6.86. The summed E-state index contributed by atoms with van der Waals surface area (Å²) in [5.74, 6) is 0. The van der Waals surface area contributed by atoms with Crippen molar-refractivity contribution in [3.63, 3.8) is 0 Å². The first-order valence-corrected chi connectivity index (χ1v) is 7.87. The Kier molecular flexibility index (Phi) is 4.46. The molecule has 0 atom stereocenters. The van der Waals surface area contributed by atoms with Crippen LogP contribution < -0.4 is 0 Å². The summed E-state index contributed by atoms with van der Waals surface area (Å²) in [6, 6.07) is 19.7. The molecule has 0 fully saturated rings. The summed E-state index contributed by atoms with van der Waals surface area (Å²) in [4.78, 5) is 0. The van der Waals surface area contributed by atoms with Crippen LogP contribution in [0.25, 0.3) is 23.0 Å². The summed E-state index contributed by atoms with van der Waals surface area (Å²) >= 11 is 0. The van der Waals surface area contributed by atoms with Gasteiger partial charge in [0.1, 0.15) is 23.4 Å². The Balaban J connectivity index is 2.20. The molecule has 3 aromatic rings. The summed E-state index contributed by atoms with van der Waals surface area (Å²) in [6.07, 6.45) is 3.42. The van der Waals surface area contributed by atoms with Crippen molar-refractivity contribution >= 4 is 6.08 Å². The number of hydrogen-bond acceptors (Lipinski definition) is 3. The molecule has 0 aliphatic carbocycles. The zero-order valence-electron chi connectivity index (χ0n) is 14.1. The molecule has 4 heteroatoms. The molecular formula is C21H16N4. The van der Waals surface area contributed by atoms with Crippen molar-refractivity contribution < 1.29 is 0 Å². The molecule has 4 nitrogen and oxygen atoms in total. The van der Waals surface area contributed by atoms with Crippen LogP contribution in [0.1, 0.15) is 16.7 Å². The molecule has 0 amide bonds. The first-order chi connectivity index (χ1) is 12.1. The molecule has 120 valence electrons. The predicted molar refractivity (Wildman–Crippen MR) is 97.7 cm³/mol. The summed E-state index contributed by atoms with van der Waals surface area (Å²) in [6.45, 7) is 4.12. The van der Waals surface area contributed by atoms with E-state index >= 15 is 0 Å². The van der Waals surface area contributed by atoms with Gasteiger partial charge in [-0.3, -0.25) is 0 Å². The maximum absolute atomic E-state index is 9.09. The van der Waals surface area contributed by atoms with Crippen molar-refractivity contribution in [1.82, 2.24) is 9.78 Å². The van der Waals surface area contributed by atoms with Crippen LogP contribution in [0.2, 0.25) is 0 Å². The Labute approximate surface area is 146 Å². The zero-order valence-corrected chi connectivity index (χ0v) is 14.1. The van der Waals surface area contributed by atoms with Gasteiger partial charge in [-0.05, 0) is 49.2 Å². The van der Waals surface area contributed by atoms with Gasteiger partial charge in [-0.1, -0.05) is 30.3 Å². The number of para-hydroxylation sites is 1. The van der Waals surface area contributed by atoms with E-state index in [9.17, 15) is 0 Å². The molecule has 25 heavy (non-hydrogen) atoms. The highest BCUT2D eigenvalue weighted by Crippen LogP contribution is 2.27. The zero-order chi connectivity index (χ0) is 17.8. The lowest BCUT2D eigenvalue weighted by Crippen LogP contribution is -1.94. The van der Waals surface area contributed by atoms with Crippen LogP contribution in [0.5, 0.6) is 0 Å². The molecule has 0 aliphatic heterocycles. The molecule has 1 heterocycles. The first-order valence-electron chi connectivity index (χ1n) is 7.87. The lowest BCUT2D eigenvalue weighted by Gasteiger charge is -2.04. The molecule has 0 N–H and O–H groups in total.